The van der Waals surface area contributed by atoms with Crippen LogP contribution in [-0.2, 0) is 6.54 Å². The third-order valence-electron chi connectivity index (χ3n) is 3.34. The number of hydrogen-bond donors (Lipinski definition) is 1. The van der Waals surface area contributed by atoms with E-state index in [9.17, 15) is 4.79 Å². The Balaban J connectivity index is 1.80. The summed E-state index contributed by atoms with van der Waals surface area (Å²) in [5.74, 6) is -0.214. The zero-order valence-electron chi connectivity index (χ0n) is 11.9. The first kappa shape index (κ1) is 14.6. The van der Waals surface area contributed by atoms with Crippen molar-refractivity contribution in [3.8, 4) is 0 Å². The molecule has 0 saturated carbocycles. The fraction of sp³-hybridized carbons (Fsp3) is 0.125. The summed E-state index contributed by atoms with van der Waals surface area (Å²) in [7, 11) is 0. The highest BCUT2D eigenvalue weighted by Crippen LogP contribution is 2.20. The Morgan fingerprint density at radius 1 is 1.27 bits per heavy atom. The van der Waals surface area contributed by atoms with Gasteiger partial charge in [-0.25, -0.2) is 4.98 Å². The fourth-order valence-corrected chi connectivity index (χ4v) is 2.54. The molecule has 6 heteroatoms. The minimum absolute atomic E-state index is 0.214. The minimum atomic E-state index is -0.214. The number of carbonyl (C=O) groups excluding carboxylic acids is 1. The lowest BCUT2D eigenvalue weighted by molar-refractivity contribution is 0.0946. The van der Waals surface area contributed by atoms with Crippen molar-refractivity contribution in [3.05, 3.63) is 64.3 Å². The molecule has 3 heterocycles. The van der Waals surface area contributed by atoms with E-state index in [1.165, 1.54) is 0 Å². The highest BCUT2D eigenvalue weighted by Gasteiger charge is 2.10. The topological polar surface area (TPSA) is 67.8 Å². The van der Waals surface area contributed by atoms with E-state index in [4.69, 9.17) is 0 Å². The monoisotopic (exact) mass is 356 g/mol. The molecule has 5 nitrogen and oxygen atoms in total. The molecule has 110 valence electrons. The van der Waals surface area contributed by atoms with Crippen molar-refractivity contribution in [2.24, 2.45) is 0 Å². The molecule has 3 aromatic heterocycles. The van der Waals surface area contributed by atoms with E-state index in [1.54, 1.807) is 24.7 Å². The number of nitrogens with one attached hydrogen (secondary N) is 1. The molecule has 0 bridgehead atoms. The van der Waals surface area contributed by atoms with E-state index >= 15 is 0 Å². The van der Waals surface area contributed by atoms with Crippen LogP contribution in [0.1, 0.15) is 21.7 Å². The van der Waals surface area contributed by atoms with Crippen molar-refractivity contribution < 1.29 is 4.79 Å². The number of aromatic nitrogens is 3. The summed E-state index contributed by atoms with van der Waals surface area (Å²) in [5, 5.41) is 3.75. The Morgan fingerprint density at radius 2 is 2.14 bits per heavy atom. The van der Waals surface area contributed by atoms with Crippen LogP contribution in [-0.4, -0.2) is 20.9 Å². The van der Waals surface area contributed by atoms with Gasteiger partial charge in [0.05, 0.1) is 9.99 Å². The lowest BCUT2D eigenvalue weighted by Crippen LogP contribution is -2.24. The second-order valence-electron chi connectivity index (χ2n) is 4.82. The Bertz CT molecular complexity index is 850. The van der Waals surface area contributed by atoms with E-state index < -0.39 is 0 Å². The van der Waals surface area contributed by atoms with Gasteiger partial charge >= 0.3 is 0 Å². The van der Waals surface area contributed by atoms with Gasteiger partial charge < -0.3 is 5.32 Å². The predicted octanol–water partition coefficient (Wildman–Crippen LogP) is 3.03. The number of nitrogens with zero attached hydrogens (tertiary/aromatic N) is 3. The van der Waals surface area contributed by atoms with Gasteiger partial charge in [0.2, 0.25) is 0 Å². The van der Waals surface area contributed by atoms with Crippen LogP contribution in [0.5, 0.6) is 0 Å². The van der Waals surface area contributed by atoms with E-state index in [0.29, 0.717) is 12.2 Å². The van der Waals surface area contributed by atoms with Gasteiger partial charge in [-0.3, -0.25) is 14.8 Å². The maximum Gasteiger partial charge on any atom is 0.270 e. The average molecular weight is 357 g/mol. The van der Waals surface area contributed by atoms with Gasteiger partial charge in [0.1, 0.15) is 5.69 Å². The molecule has 3 aromatic rings. The van der Waals surface area contributed by atoms with Gasteiger partial charge in [0.15, 0.2) is 0 Å². The van der Waals surface area contributed by atoms with Crippen molar-refractivity contribution in [1.82, 2.24) is 20.3 Å². The highest BCUT2D eigenvalue weighted by atomic mass is 79.9. The van der Waals surface area contributed by atoms with Crippen LogP contribution < -0.4 is 5.32 Å². The summed E-state index contributed by atoms with van der Waals surface area (Å²) in [6, 6.07) is 7.33. The van der Waals surface area contributed by atoms with Crippen molar-refractivity contribution in [3.63, 3.8) is 0 Å². The number of rotatable bonds is 3. The second-order valence-corrected chi connectivity index (χ2v) is 5.67. The molecule has 0 radical (unpaired) electrons. The summed E-state index contributed by atoms with van der Waals surface area (Å²) in [4.78, 5) is 24.9. The van der Waals surface area contributed by atoms with Gasteiger partial charge in [-0.15, -0.1) is 0 Å². The summed E-state index contributed by atoms with van der Waals surface area (Å²) in [6.07, 6.45) is 5.11. The molecule has 0 saturated heterocycles. The summed E-state index contributed by atoms with van der Waals surface area (Å²) in [6.45, 7) is 2.34. The molecule has 0 fully saturated rings. The fourth-order valence-electron chi connectivity index (χ4n) is 2.11. The maximum atomic E-state index is 12.3. The zero-order chi connectivity index (χ0) is 15.5. The average Bonchev–Trinajstić information content (AvgIpc) is 2.54. The maximum absolute atomic E-state index is 12.3. The van der Waals surface area contributed by atoms with Crippen LogP contribution in [0, 0.1) is 6.92 Å². The van der Waals surface area contributed by atoms with Gasteiger partial charge in [0, 0.05) is 36.2 Å². The van der Waals surface area contributed by atoms with Crippen LogP contribution in [0.4, 0.5) is 0 Å². The first-order valence-corrected chi connectivity index (χ1v) is 7.53. The zero-order valence-corrected chi connectivity index (χ0v) is 13.5. The smallest absolute Gasteiger partial charge is 0.270 e. The molecular weight excluding hydrogens is 344 g/mol. The standard InChI is InChI=1S/C16H13BrN4O/c1-10-11(3-2-6-19-10)8-20-16(22)14-5-4-12-7-18-9-13(17)15(12)21-14/h2-7,9H,8H2,1H3,(H,20,22). The van der Waals surface area contributed by atoms with Crippen molar-refractivity contribution in [1.29, 1.82) is 0 Å². The summed E-state index contributed by atoms with van der Waals surface area (Å²) in [5.41, 5.74) is 2.99. The van der Waals surface area contributed by atoms with Crippen molar-refractivity contribution >= 4 is 32.7 Å². The highest BCUT2D eigenvalue weighted by molar-refractivity contribution is 9.10. The number of amides is 1. The van der Waals surface area contributed by atoms with Gasteiger partial charge in [-0.1, -0.05) is 6.07 Å². The molecule has 1 amide bonds. The Kier molecular flexibility index (Phi) is 4.11. The van der Waals surface area contributed by atoms with Crippen LogP contribution in [0.15, 0.2) is 47.3 Å². The number of halogens is 1. The van der Waals surface area contributed by atoms with Gasteiger partial charge in [-0.05, 0) is 46.6 Å². The molecule has 0 aromatic carbocycles. The van der Waals surface area contributed by atoms with E-state index in [1.807, 2.05) is 25.1 Å². The van der Waals surface area contributed by atoms with Crippen LogP contribution in [0.3, 0.4) is 0 Å². The number of carbonyl (C=O) groups is 1. The molecule has 0 unspecified atom stereocenters. The lowest BCUT2D eigenvalue weighted by Gasteiger charge is -2.07. The van der Waals surface area contributed by atoms with Gasteiger partial charge in [0.25, 0.3) is 5.91 Å². The quantitative estimate of drug-likeness (QED) is 0.783. The van der Waals surface area contributed by atoms with Crippen molar-refractivity contribution in [2.75, 3.05) is 0 Å². The summed E-state index contributed by atoms with van der Waals surface area (Å²) >= 11 is 3.40. The molecule has 22 heavy (non-hydrogen) atoms. The number of fused-ring (bicyclic) bond motifs is 1. The van der Waals surface area contributed by atoms with E-state index in [-0.39, 0.29) is 5.91 Å². The Labute approximate surface area is 136 Å². The normalized spacial score (nSPS) is 10.6. The van der Waals surface area contributed by atoms with Crippen LogP contribution in [0.2, 0.25) is 0 Å². The van der Waals surface area contributed by atoms with Crippen molar-refractivity contribution in [2.45, 2.75) is 13.5 Å². The largest absolute Gasteiger partial charge is 0.347 e. The molecule has 0 spiro atoms. The molecule has 0 aliphatic rings. The SMILES string of the molecule is Cc1ncccc1CNC(=O)c1ccc2cncc(Br)c2n1. The molecule has 0 atom stereocenters. The lowest BCUT2D eigenvalue weighted by atomic mass is 10.2. The van der Waals surface area contributed by atoms with Crippen LogP contribution in [0.25, 0.3) is 10.9 Å². The third kappa shape index (κ3) is 2.96. The molecule has 0 aliphatic heterocycles. The first-order valence-electron chi connectivity index (χ1n) is 6.74. The minimum Gasteiger partial charge on any atom is -0.347 e. The number of aryl methyl sites for hydroxylation is 1. The Morgan fingerprint density at radius 3 is 2.95 bits per heavy atom. The summed E-state index contributed by atoms with van der Waals surface area (Å²) < 4.78 is 0.766. The molecule has 1 N–H and O–H groups in total. The van der Waals surface area contributed by atoms with E-state index in [2.05, 4.69) is 36.2 Å². The van der Waals surface area contributed by atoms with Gasteiger partial charge in [-0.2, -0.15) is 0 Å². The second kappa shape index (κ2) is 6.19. The third-order valence-corrected chi connectivity index (χ3v) is 3.92. The Hall–Kier alpha value is -2.34. The number of pyridine rings is 3. The predicted molar refractivity (Wildman–Crippen MR) is 87.4 cm³/mol. The molecule has 0 aliphatic carbocycles. The van der Waals surface area contributed by atoms with E-state index in [0.717, 1.165) is 26.6 Å². The molecule has 3 rings (SSSR count). The van der Waals surface area contributed by atoms with Crippen LogP contribution >= 0.6 is 15.9 Å². The number of hydrogen-bond acceptors (Lipinski definition) is 4. The first-order chi connectivity index (χ1) is 10.6. The molecular formula is C16H13BrN4O.